The molecule has 0 atom stereocenters. The Kier molecular flexibility index (Phi) is 19.6. The maximum atomic E-state index is 7.25. The smallest absolute Gasteiger partial charge is 0.120 e. The summed E-state index contributed by atoms with van der Waals surface area (Å²) in [5, 5.41) is 12.6. The van der Waals surface area contributed by atoms with Crippen molar-refractivity contribution in [2.75, 3.05) is 0 Å². The van der Waals surface area contributed by atoms with Gasteiger partial charge < -0.3 is 0 Å². The van der Waals surface area contributed by atoms with E-state index in [4.69, 9.17) is 10.5 Å². The molecule has 0 saturated heterocycles. The number of rotatable bonds is 9. The SMILES string of the molecule is [N]=O.[Ru].c1ccc(P(c2ccccc2)c2ccccc2)cc1.c1ccc(P(c2ccccc2)c2ccccc2)cc1.c1ccc(P(c2ccccc2)c2ccccc2)cc1. The third-order valence-electron chi connectivity index (χ3n) is 9.13. The van der Waals surface area contributed by atoms with Crippen LogP contribution in [-0.4, -0.2) is 0 Å². The molecule has 0 heterocycles. The van der Waals surface area contributed by atoms with E-state index in [1.807, 2.05) is 0 Å². The van der Waals surface area contributed by atoms with Gasteiger partial charge in [-0.25, -0.2) is 0 Å². The zero-order chi connectivity index (χ0) is 40.7. The summed E-state index contributed by atoms with van der Waals surface area (Å²) in [6.07, 6.45) is 0. The largest absolute Gasteiger partial charge is 0.120 e. The fraction of sp³-hybridized carbons (Fsp3) is 0. The predicted octanol–water partition coefficient (Wildman–Crippen LogP) is 9.88. The topological polar surface area (TPSA) is 39.4 Å². The molecule has 0 amide bonds. The van der Waals surface area contributed by atoms with Crippen molar-refractivity contribution in [3.63, 3.8) is 0 Å². The molecule has 0 saturated carbocycles. The summed E-state index contributed by atoms with van der Waals surface area (Å²) in [7, 11) is -1.34. The zero-order valence-corrected chi connectivity index (χ0v) is 37.5. The second kappa shape index (κ2) is 25.9. The van der Waals surface area contributed by atoms with Gasteiger partial charge >= 0.3 is 0 Å². The Morgan fingerprint density at radius 1 is 0.183 bits per heavy atom. The van der Waals surface area contributed by atoms with Crippen LogP contribution in [0.2, 0.25) is 0 Å². The first-order valence-corrected chi connectivity index (χ1v) is 23.4. The summed E-state index contributed by atoms with van der Waals surface area (Å²) < 4.78 is 0. The monoisotopic (exact) mass is 918 g/mol. The van der Waals surface area contributed by atoms with Crippen molar-refractivity contribution in [1.82, 2.24) is 5.59 Å². The first kappa shape index (κ1) is 45.6. The molecule has 295 valence electrons. The van der Waals surface area contributed by atoms with Crippen LogP contribution < -0.4 is 53.3 Å². The standard InChI is InChI=1S/3C18H15P.NO.Ru/c3*1-4-10-16(11-5-1)19(17-12-6-2-7-13-17)18-14-8-3-9-15-18;1-2;/h3*1-15H;;. The van der Waals surface area contributed by atoms with Crippen LogP contribution in [0.3, 0.4) is 0 Å². The van der Waals surface area contributed by atoms with E-state index < -0.39 is 23.8 Å². The van der Waals surface area contributed by atoms with Gasteiger partial charge in [0.15, 0.2) is 0 Å². The van der Waals surface area contributed by atoms with Gasteiger partial charge in [-0.3, -0.25) is 0 Å². The minimum Gasteiger partial charge on any atom is -0.120 e. The molecule has 60 heavy (non-hydrogen) atoms. The van der Waals surface area contributed by atoms with Crippen LogP contribution in [0.4, 0.5) is 0 Å². The van der Waals surface area contributed by atoms with E-state index in [0.717, 1.165) is 0 Å². The van der Waals surface area contributed by atoms with E-state index in [2.05, 4.69) is 273 Å². The van der Waals surface area contributed by atoms with Crippen LogP contribution in [0.25, 0.3) is 0 Å². The van der Waals surface area contributed by atoms with Gasteiger partial charge in [0.1, 0.15) is 5.59 Å². The Labute approximate surface area is 372 Å². The molecule has 0 unspecified atom stereocenters. The molecule has 0 bridgehead atoms. The fourth-order valence-corrected chi connectivity index (χ4v) is 13.5. The molecule has 0 N–H and O–H groups in total. The second-order valence-corrected chi connectivity index (χ2v) is 19.7. The Balaban J connectivity index is 0.000000166. The molecule has 0 aromatic heterocycles. The molecule has 0 aliphatic carbocycles. The minimum absolute atomic E-state index is 0. The van der Waals surface area contributed by atoms with Crippen LogP contribution >= 0.6 is 23.8 Å². The molecule has 0 aliphatic rings. The molecule has 1 radical (unpaired) electrons. The van der Waals surface area contributed by atoms with Gasteiger partial charge in [-0.05, 0) is 71.5 Å². The summed E-state index contributed by atoms with van der Waals surface area (Å²) >= 11 is 0. The van der Waals surface area contributed by atoms with E-state index in [-0.39, 0.29) is 19.5 Å². The van der Waals surface area contributed by atoms with Crippen LogP contribution in [0.5, 0.6) is 0 Å². The van der Waals surface area contributed by atoms with Crippen molar-refractivity contribution in [3.05, 3.63) is 278 Å². The molecular formula is C54H45NOP3Ru. The molecule has 9 aromatic rings. The van der Waals surface area contributed by atoms with Crippen molar-refractivity contribution in [3.8, 4) is 0 Å². The number of nitroso groups, excluding NO2 is 1. The van der Waals surface area contributed by atoms with Crippen molar-refractivity contribution < 1.29 is 19.5 Å². The van der Waals surface area contributed by atoms with Gasteiger partial charge in [-0.2, -0.15) is 0 Å². The summed E-state index contributed by atoms with van der Waals surface area (Å²) in [5.74, 6) is 0. The number of nitrogens with zero attached hydrogens (tertiary/aromatic N) is 1. The molecule has 0 fully saturated rings. The Hall–Kier alpha value is -5.51. The van der Waals surface area contributed by atoms with Crippen LogP contribution in [0, 0.1) is 4.91 Å². The van der Waals surface area contributed by atoms with E-state index in [1.54, 1.807) is 0 Å². The van der Waals surface area contributed by atoms with Gasteiger partial charge in [-0.1, -0.05) is 273 Å². The maximum Gasteiger partial charge on any atom is 0.120 e. The van der Waals surface area contributed by atoms with Crippen LogP contribution in [0.1, 0.15) is 0 Å². The van der Waals surface area contributed by atoms with Crippen molar-refractivity contribution in [2.24, 2.45) is 0 Å². The molecule has 0 spiro atoms. The Morgan fingerprint density at radius 2 is 0.267 bits per heavy atom. The second-order valence-electron chi connectivity index (χ2n) is 13.0. The number of benzene rings is 9. The molecule has 6 heteroatoms. The summed E-state index contributed by atoms with van der Waals surface area (Å²) in [6, 6.07) is 97.0. The average molecular weight is 918 g/mol. The minimum atomic E-state index is -0.446. The van der Waals surface area contributed by atoms with E-state index in [9.17, 15) is 0 Å². The first-order valence-electron chi connectivity index (χ1n) is 19.4. The van der Waals surface area contributed by atoms with E-state index in [1.165, 1.54) is 47.7 Å². The van der Waals surface area contributed by atoms with Crippen molar-refractivity contribution in [1.29, 1.82) is 0 Å². The van der Waals surface area contributed by atoms with Gasteiger partial charge in [0, 0.05) is 19.5 Å². The zero-order valence-electron chi connectivity index (χ0n) is 33.0. The normalized spacial score (nSPS) is 10.1. The number of hydrogen-bond acceptors (Lipinski definition) is 1. The first-order chi connectivity index (χ1) is 29.3. The molecule has 2 nitrogen and oxygen atoms in total. The summed E-state index contributed by atoms with van der Waals surface area (Å²) in [5.41, 5.74) is 5.75. The van der Waals surface area contributed by atoms with Gasteiger partial charge in [0.2, 0.25) is 0 Å². The molecule has 9 rings (SSSR count). The van der Waals surface area contributed by atoms with Gasteiger partial charge in [-0.15, -0.1) is 4.91 Å². The average Bonchev–Trinajstić information content (AvgIpc) is 3.34. The van der Waals surface area contributed by atoms with Gasteiger partial charge in [0.05, 0.1) is 0 Å². The van der Waals surface area contributed by atoms with Gasteiger partial charge in [0.25, 0.3) is 0 Å². The summed E-state index contributed by atoms with van der Waals surface area (Å²) in [6.45, 7) is 0. The molecule has 0 aliphatic heterocycles. The Morgan fingerprint density at radius 3 is 0.350 bits per heavy atom. The quantitative estimate of drug-likeness (QED) is 0.105. The predicted molar refractivity (Wildman–Crippen MR) is 261 cm³/mol. The van der Waals surface area contributed by atoms with E-state index in [0.29, 0.717) is 0 Å². The van der Waals surface area contributed by atoms with Crippen LogP contribution in [-0.2, 0) is 19.5 Å². The van der Waals surface area contributed by atoms with Crippen LogP contribution in [0.15, 0.2) is 273 Å². The molecular weight excluding hydrogens is 873 g/mol. The Bertz CT molecular complexity index is 1890. The van der Waals surface area contributed by atoms with Crippen molar-refractivity contribution >= 4 is 71.5 Å². The maximum absolute atomic E-state index is 7.25. The fourth-order valence-electron chi connectivity index (χ4n) is 6.54. The van der Waals surface area contributed by atoms with E-state index >= 15 is 0 Å². The third kappa shape index (κ3) is 13.2. The number of hydrogen-bond donors (Lipinski definition) is 0. The van der Waals surface area contributed by atoms with Crippen molar-refractivity contribution in [2.45, 2.75) is 0 Å². The molecule has 9 aromatic carbocycles. The third-order valence-corrected chi connectivity index (χ3v) is 16.5. The summed E-state index contributed by atoms with van der Waals surface area (Å²) in [4.78, 5) is 7.25.